The Balaban J connectivity index is 1.48. The lowest BCUT2D eigenvalue weighted by molar-refractivity contribution is 0.125. The van der Waals surface area contributed by atoms with Gasteiger partial charge in [0.15, 0.2) is 5.96 Å². The first-order chi connectivity index (χ1) is 12.7. The van der Waals surface area contributed by atoms with E-state index in [4.69, 9.17) is 5.73 Å². The number of fused-ring (bicyclic) bond motifs is 1. The Morgan fingerprint density at radius 2 is 1.88 bits per heavy atom. The molecule has 0 radical (unpaired) electrons. The summed E-state index contributed by atoms with van der Waals surface area (Å²) >= 11 is 0. The molecular weight excluding hydrogens is 322 g/mol. The van der Waals surface area contributed by atoms with Gasteiger partial charge in [0.25, 0.3) is 0 Å². The Kier molecular flexibility index (Phi) is 6.92. The van der Waals surface area contributed by atoms with Crippen LogP contribution in [0.15, 0.2) is 23.2 Å². The maximum absolute atomic E-state index is 6.18. The lowest BCUT2D eigenvalue weighted by Gasteiger charge is -2.35. The van der Waals surface area contributed by atoms with Crippen molar-refractivity contribution in [1.82, 2.24) is 9.80 Å². The van der Waals surface area contributed by atoms with E-state index in [2.05, 4.69) is 52.2 Å². The van der Waals surface area contributed by atoms with Crippen molar-refractivity contribution in [2.45, 2.75) is 39.5 Å². The molecule has 3 rings (SSSR count). The molecule has 1 aliphatic heterocycles. The molecule has 0 spiro atoms. The first kappa shape index (κ1) is 19.2. The van der Waals surface area contributed by atoms with Crippen molar-refractivity contribution in [2.24, 2.45) is 16.6 Å². The number of nitrogens with one attached hydrogen (secondary N) is 1. The van der Waals surface area contributed by atoms with Crippen molar-refractivity contribution >= 4 is 11.6 Å². The van der Waals surface area contributed by atoms with Crippen molar-refractivity contribution in [3.63, 3.8) is 0 Å². The van der Waals surface area contributed by atoms with Crippen LogP contribution in [0.5, 0.6) is 0 Å². The van der Waals surface area contributed by atoms with Crippen LogP contribution in [0.1, 0.15) is 37.8 Å². The molecule has 3 N–H and O–H groups in total. The number of nitrogens with two attached hydrogens (primary N) is 1. The van der Waals surface area contributed by atoms with Crippen molar-refractivity contribution in [2.75, 3.05) is 51.1 Å². The van der Waals surface area contributed by atoms with Crippen LogP contribution in [-0.4, -0.2) is 61.6 Å². The fraction of sp³-hybridized carbons (Fsp3) is 0.667. The van der Waals surface area contributed by atoms with E-state index in [-0.39, 0.29) is 0 Å². The number of hydrogen-bond acceptors (Lipinski definition) is 3. The van der Waals surface area contributed by atoms with Gasteiger partial charge in [-0.1, -0.05) is 26.0 Å². The van der Waals surface area contributed by atoms with Crippen molar-refractivity contribution < 1.29 is 0 Å². The summed E-state index contributed by atoms with van der Waals surface area (Å²) in [4.78, 5) is 9.69. The molecule has 1 heterocycles. The SMILES string of the molecule is CCN1CCN(CC(C)CN=C(N)Nc2cccc3c2CCCC3)CC1. The Hall–Kier alpha value is -1.59. The fourth-order valence-electron chi connectivity index (χ4n) is 4.12. The van der Waals surface area contributed by atoms with Gasteiger partial charge in [0.05, 0.1) is 0 Å². The van der Waals surface area contributed by atoms with Gasteiger partial charge in [-0.15, -0.1) is 0 Å². The third-order valence-corrected chi connectivity index (χ3v) is 5.71. The van der Waals surface area contributed by atoms with E-state index in [9.17, 15) is 0 Å². The highest BCUT2D eigenvalue weighted by atomic mass is 15.3. The van der Waals surface area contributed by atoms with Gasteiger partial charge in [-0.2, -0.15) is 0 Å². The molecule has 26 heavy (non-hydrogen) atoms. The molecule has 5 nitrogen and oxygen atoms in total. The lowest BCUT2D eigenvalue weighted by Crippen LogP contribution is -2.47. The van der Waals surface area contributed by atoms with Gasteiger partial charge >= 0.3 is 0 Å². The van der Waals surface area contributed by atoms with E-state index in [0.717, 1.165) is 25.2 Å². The second-order valence-electron chi connectivity index (χ2n) is 7.84. The predicted octanol–water partition coefficient (Wildman–Crippen LogP) is 2.57. The second kappa shape index (κ2) is 9.38. The van der Waals surface area contributed by atoms with Crippen LogP contribution >= 0.6 is 0 Å². The minimum atomic E-state index is 0.521. The molecule has 144 valence electrons. The summed E-state index contributed by atoms with van der Waals surface area (Å²) in [6.45, 7) is 12.3. The van der Waals surface area contributed by atoms with Crippen LogP contribution < -0.4 is 11.1 Å². The van der Waals surface area contributed by atoms with Crippen molar-refractivity contribution in [1.29, 1.82) is 0 Å². The second-order valence-corrected chi connectivity index (χ2v) is 7.84. The molecule has 1 aliphatic carbocycles. The van der Waals surface area contributed by atoms with Crippen LogP contribution in [0, 0.1) is 5.92 Å². The number of nitrogens with zero attached hydrogens (tertiary/aromatic N) is 3. The van der Waals surface area contributed by atoms with Crippen LogP contribution in [0.4, 0.5) is 5.69 Å². The first-order valence-electron chi connectivity index (χ1n) is 10.3. The Morgan fingerprint density at radius 3 is 2.65 bits per heavy atom. The summed E-state index contributed by atoms with van der Waals surface area (Å²) in [5.41, 5.74) is 10.2. The smallest absolute Gasteiger partial charge is 0.193 e. The Bertz CT molecular complexity index is 604. The first-order valence-corrected chi connectivity index (χ1v) is 10.3. The zero-order valence-corrected chi connectivity index (χ0v) is 16.5. The van der Waals surface area contributed by atoms with Crippen LogP contribution in [0.3, 0.4) is 0 Å². The number of benzene rings is 1. The van der Waals surface area contributed by atoms with E-state index >= 15 is 0 Å². The van der Waals surface area contributed by atoms with Gasteiger partial charge < -0.3 is 20.9 Å². The summed E-state index contributed by atoms with van der Waals surface area (Å²) < 4.78 is 0. The van der Waals surface area contributed by atoms with Gasteiger partial charge in [-0.25, -0.2) is 0 Å². The van der Waals surface area contributed by atoms with E-state index in [1.54, 1.807) is 0 Å². The van der Waals surface area contributed by atoms with Gasteiger partial charge in [-0.05, 0) is 55.3 Å². The number of likely N-dealkylation sites (N-methyl/N-ethyl adjacent to an activating group) is 1. The Morgan fingerprint density at radius 1 is 1.15 bits per heavy atom. The predicted molar refractivity (Wildman–Crippen MR) is 111 cm³/mol. The summed E-state index contributed by atoms with van der Waals surface area (Å²) in [7, 11) is 0. The van der Waals surface area contributed by atoms with Crippen LogP contribution in [-0.2, 0) is 12.8 Å². The molecule has 0 aromatic heterocycles. The number of rotatable bonds is 6. The van der Waals surface area contributed by atoms with Gasteiger partial charge in [0.2, 0.25) is 0 Å². The minimum Gasteiger partial charge on any atom is -0.370 e. The molecule has 2 aliphatic rings. The van der Waals surface area contributed by atoms with Crippen molar-refractivity contribution in [3.8, 4) is 0 Å². The number of hydrogen-bond donors (Lipinski definition) is 2. The van der Waals surface area contributed by atoms with Gasteiger partial charge in [-0.3, -0.25) is 4.99 Å². The highest BCUT2D eigenvalue weighted by molar-refractivity contribution is 5.93. The zero-order valence-electron chi connectivity index (χ0n) is 16.5. The molecule has 1 atom stereocenters. The van der Waals surface area contributed by atoms with Crippen molar-refractivity contribution in [3.05, 3.63) is 29.3 Å². The summed E-state index contributed by atoms with van der Waals surface area (Å²) in [5.74, 6) is 1.07. The quantitative estimate of drug-likeness (QED) is 0.607. The number of anilines is 1. The summed E-state index contributed by atoms with van der Waals surface area (Å²) in [6, 6.07) is 6.49. The molecule has 1 unspecified atom stereocenters. The third-order valence-electron chi connectivity index (χ3n) is 5.71. The van der Waals surface area contributed by atoms with Gasteiger partial charge in [0.1, 0.15) is 0 Å². The fourth-order valence-corrected chi connectivity index (χ4v) is 4.12. The molecule has 5 heteroatoms. The number of piperazine rings is 1. The van der Waals surface area contributed by atoms with Crippen LogP contribution in [0.25, 0.3) is 0 Å². The molecule has 1 saturated heterocycles. The largest absolute Gasteiger partial charge is 0.370 e. The monoisotopic (exact) mass is 357 g/mol. The molecule has 1 fully saturated rings. The number of aliphatic imine (C=N–C) groups is 1. The minimum absolute atomic E-state index is 0.521. The van der Waals surface area contributed by atoms with Crippen LogP contribution in [0.2, 0.25) is 0 Å². The van der Waals surface area contributed by atoms with E-state index < -0.39 is 0 Å². The average molecular weight is 358 g/mol. The molecule has 0 amide bonds. The van der Waals surface area contributed by atoms with E-state index in [1.165, 1.54) is 63.1 Å². The number of guanidine groups is 1. The Labute approximate surface area is 158 Å². The maximum Gasteiger partial charge on any atom is 0.193 e. The highest BCUT2D eigenvalue weighted by Gasteiger charge is 2.17. The summed E-state index contributed by atoms with van der Waals surface area (Å²) in [6.07, 6.45) is 4.89. The van der Waals surface area contributed by atoms with Gasteiger partial charge in [0, 0.05) is 45.0 Å². The summed E-state index contributed by atoms with van der Waals surface area (Å²) in [5, 5.41) is 3.35. The maximum atomic E-state index is 6.18. The molecule has 1 aromatic rings. The third kappa shape index (κ3) is 5.21. The standard InChI is InChI=1S/C21H35N5/c1-3-25-11-13-26(14-12-25)16-17(2)15-23-21(22)24-20-10-6-8-18-7-4-5-9-19(18)20/h6,8,10,17H,3-5,7,9,11-16H2,1-2H3,(H3,22,23,24). The topological polar surface area (TPSA) is 56.9 Å². The average Bonchev–Trinajstić information content (AvgIpc) is 2.67. The molecular formula is C21H35N5. The highest BCUT2D eigenvalue weighted by Crippen LogP contribution is 2.27. The molecule has 0 saturated carbocycles. The number of aryl methyl sites for hydroxylation is 1. The normalized spacial score (nSPS) is 20.6. The zero-order chi connectivity index (χ0) is 18.4. The lowest BCUT2D eigenvalue weighted by atomic mass is 9.90. The molecule has 0 bridgehead atoms. The van der Waals surface area contributed by atoms with E-state index in [0.29, 0.717) is 11.9 Å². The van der Waals surface area contributed by atoms with E-state index in [1.807, 2.05) is 0 Å². The molecule has 1 aromatic carbocycles.